The van der Waals surface area contributed by atoms with Crippen LogP contribution in [0.15, 0.2) is 29.9 Å². The Morgan fingerprint density at radius 3 is 2.79 bits per heavy atom. The minimum Gasteiger partial charge on any atom is -0.479 e. The Labute approximate surface area is 137 Å². The molecule has 19 heavy (non-hydrogen) atoms. The molecular weight excluding hydrogens is 470 g/mol. The van der Waals surface area contributed by atoms with Gasteiger partial charge >= 0.3 is 0 Å². The van der Waals surface area contributed by atoms with E-state index in [-0.39, 0.29) is 6.61 Å². The highest BCUT2D eigenvalue weighted by atomic mass is 127. The van der Waals surface area contributed by atoms with Crippen molar-refractivity contribution in [1.82, 2.24) is 14.9 Å². The van der Waals surface area contributed by atoms with E-state index in [1.807, 2.05) is 12.1 Å². The number of aromatic nitrogens is 3. The van der Waals surface area contributed by atoms with Crippen LogP contribution in [-0.4, -0.2) is 27.7 Å². The molecule has 2 rings (SSSR count). The molecular formula is C12H8I2N4O. The number of hydrogen-bond acceptors (Lipinski definition) is 4. The third-order valence-electron chi connectivity index (χ3n) is 2.07. The highest BCUT2D eigenvalue weighted by molar-refractivity contribution is 14.1. The van der Waals surface area contributed by atoms with Gasteiger partial charge in [-0.05, 0) is 57.3 Å². The van der Waals surface area contributed by atoms with E-state index in [0.29, 0.717) is 0 Å². The molecule has 0 radical (unpaired) electrons. The quantitative estimate of drug-likeness (QED) is 0.386. The average Bonchev–Trinajstić information content (AvgIpc) is 2.88. The maximum Gasteiger partial charge on any atom is 0.148 e. The van der Waals surface area contributed by atoms with Crippen molar-refractivity contribution in [1.29, 1.82) is 0 Å². The van der Waals surface area contributed by atoms with Gasteiger partial charge in [0.2, 0.25) is 0 Å². The molecule has 1 aromatic heterocycles. The summed E-state index contributed by atoms with van der Waals surface area (Å²) in [4.78, 5) is 0. The van der Waals surface area contributed by atoms with Gasteiger partial charge in [-0.25, -0.2) is 4.68 Å². The molecule has 5 nitrogen and oxygen atoms in total. The highest BCUT2D eigenvalue weighted by Gasteiger charge is 2.08. The fourth-order valence-corrected chi connectivity index (χ4v) is 3.37. The summed E-state index contributed by atoms with van der Waals surface area (Å²) in [5.41, 5.74) is 0.861. The molecule has 0 unspecified atom stereocenters. The van der Waals surface area contributed by atoms with Gasteiger partial charge < -0.3 is 4.74 Å². The predicted octanol–water partition coefficient (Wildman–Crippen LogP) is 2.38. The van der Waals surface area contributed by atoms with Gasteiger partial charge in [-0.1, -0.05) is 5.92 Å². The summed E-state index contributed by atoms with van der Waals surface area (Å²) in [5.74, 6) is 3.19. The Morgan fingerprint density at radius 2 is 2.11 bits per heavy atom. The molecule has 0 amide bonds. The average molecular weight is 478 g/mol. The number of nitrogens with zero attached hydrogens (tertiary/aromatic N) is 4. The van der Waals surface area contributed by atoms with E-state index in [9.17, 15) is 0 Å². The van der Waals surface area contributed by atoms with Crippen LogP contribution in [0.1, 0.15) is 5.56 Å². The van der Waals surface area contributed by atoms with Crippen molar-refractivity contribution < 1.29 is 4.74 Å². The lowest BCUT2D eigenvalue weighted by Gasteiger charge is -2.09. The van der Waals surface area contributed by atoms with Crippen LogP contribution in [0.4, 0.5) is 0 Å². The molecule has 0 saturated carbocycles. The molecule has 0 fully saturated rings. The lowest BCUT2D eigenvalue weighted by molar-refractivity contribution is 0.367. The molecule has 0 aliphatic rings. The zero-order valence-electron chi connectivity index (χ0n) is 9.62. The van der Waals surface area contributed by atoms with E-state index in [1.54, 1.807) is 6.21 Å². The van der Waals surface area contributed by atoms with E-state index in [4.69, 9.17) is 11.2 Å². The molecule has 7 heteroatoms. The Bertz CT molecular complexity index is 632. The minimum absolute atomic E-state index is 0.226. The first-order chi connectivity index (χ1) is 9.20. The van der Waals surface area contributed by atoms with Gasteiger partial charge in [0.25, 0.3) is 0 Å². The van der Waals surface area contributed by atoms with Crippen molar-refractivity contribution >= 4 is 51.4 Å². The zero-order valence-corrected chi connectivity index (χ0v) is 13.9. The first kappa shape index (κ1) is 14.3. The SMILES string of the molecule is C#CCOc1c(I)cc(I)cc1/C=N/n1cnnc1. The fraction of sp³-hybridized carbons (Fsp3) is 0.0833. The standard InChI is InChI=1S/C12H8I2N4O/c1-2-3-19-12-9(4-10(13)5-11(12)14)6-17-18-7-15-16-8-18/h1,4-8H,3H2/b17-6+. The van der Waals surface area contributed by atoms with Crippen molar-refractivity contribution in [2.45, 2.75) is 0 Å². The van der Waals surface area contributed by atoms with Crippen LogP contribution in [0.2, 0.25) is 0 Å². The van der Waals surface area contributed by atoms with Gasteiger partial charge in [-0.15, -0.1) is 16.6 Å². The zero-order chi connectivity index (χ0) is 13.7. The van der Waals surface area contributed by atoms with Gasteiger partial charge in [-0.3, -0.25) is 0 Å². The minimum atomic E-state index is 0.226. The van der Waals surface area contributed by atoms with Gasteiger partial charge in [0, 0.05) is 9.13 Å². The number of rotatable bonds is 4. The second-order valence-corrected chi connectivity index (χ2v) is 5.79. The van der Waals surface area contributed by atoms with E-state index in [2.05, 4.69) is 66.4 Å². The molecule has 1 heterocycles. The molecule has 0 aliphatic heterocycles. The third kappa shape index (κ3) is 3.90. The normalized spacial score (nSPS) is 10.6. The second kappa shape index (κ2) is 6.85. The Balaban J connectivity index is 2.34. The second-order valence-electron chi connectivity index (χ2n) is 3.39. The molecule has 0 N–H and O–H groups in total. The smallest absolute Gasteiger partial charge is 0.148 e. The summed E-state index contributed by atoms with van der Waals surface area (Å²) in [6.07, 6.45) is 9.94. The number of ether oxygens (including phenoxy) is 1. The van der Waals surface area contributed by atoms with Gasteiger partial charge in [0.15, 0.2) is 0 Å². The summed E-state index contributed by atoms with van der Waals surface area (Å²) in [6, 6.07) is 3.99. The van der Waals surface area contributed by atoms with E-state index in [0.717, 1.165) is 18.5 Å². The topological polar surface area (TPSA) is 52.3 Å². The van der Waals surface area contributed by atoms with Gasteiger partial charge in [-0.2, -0.15) is 5.10 Å². The molecule has 0 aliphatic carbocycles. The largest absolute Gasteiger partial charge is 0.479 e. The van der Waals surface area contributed by atoms with Crippen LogP contribution in [-0.2, 0) is 0 Å². The Morgan fingerprint density at radius 1 is 1.37 bits per heavy atom. The Kier molecular flexibility index (Phi) is 5.15. The van der Waals surface area contributed by atoms with Crippen LogP contribution >= 0.6 is 45.2 Å². The Hall–Kier alpha value is -1.15. The molecule has 96 valence electrons. The molecule has 0 bridgehead atoms. The first-order valence-corrected chi connectivity index (χ1v) is 7.30. The number of benzene rings is 1. The molecule has 1 aromatic carbocycles. The fourth-order valence-electron chi connectivity index (χ4n) is 1.33. The number of hydrogen-bond donors (Lipinski definition) is 0. The van der Waals surface area contributed by atoms with Crippen molar-refractivity contribution in [3.05, 3.63) is 37.5 Å². The summed E-state index contributed by atoms with van der Waals surface area (Å²) in [6.45, 7) is 0.226. The predicted molar refractivity (Wildman–Crippen MR) is 89.2 cm³/mol. The molecule has 2 aromatic rings. The maximum absolute atomic E-state index is 5.56. The van der Waals surface area contributed by atoms with Crippen LogP contribution in [0.25, 0.3) is 0 Å². The van der Waals surface area contributed by atoms with E-state index < -0.39 is 0 Å². The van der Waals surface area contributed by atoms with Crippen LogP contribution in [0.5, 0.6) is 5.75 Å². The summed E-state index contributed by atoms with van der Waals surface area (Å²) in [5, 5.41) is 11.6. The molecule has 0 saturated heterocycles. The van der Waals surface area contributed by atoms with E-state index >= 15 is 0 Å². The third-order valence-corrected chi connectivity index (χ3v) is 3.50. The van der Waals surface area contributed by atoms with Crippen molar-refractivity contribution in [2.75, 3.05) is 6.61 Å². The summed E-state index contributed by atoms with van der Waals surface area (Å²) in [7, 11) is 0. The van der Waals surface area contributed by atoms with Gasteiger partial charge in [0.05, 0.1) is 9.78 Å². The lowest BCUT2D eigenvalue weighted by atomic mass is 10.2. The van der Waals surface area contributed by atoms with E-state index in [1.165, 1.54) is 17.3 Å². The van der Waals surface area contributed by atoms with Crippen molar-refractivity contribution in [3.8, 4) is 18.1 Å². The summed E-state index contributed by atoms with van der Waals surface area (Å²) >= 11 is 4.46. The van der Waals surface area contributed by atoms with Crippen LogP contribution in [0.3, 0.4) is 0 Å². The number of terminal acetylenes is 1. The maximum atomic E-state index is 5.56. The highest BCUT2D eigenvalue weighted by Crippen LogP contribution is 2.27. The van der Waals surface area contributed by atoms with Crippen LogP contribution < -0.4 is 4.74 Å². The first-order valence-electron chi connectivity index (χ1n) is 5.15. The molecule has 0 atom stereocenters. The van der Waals surface area contributed by atoms with Crippen molar-refractivity contribution in [3.63, 3.8) is 0 Å². The van der Waals surface area contributed by atoms with Gasteiger partial charge in [0.1, 0.15) is 25.0 Å². The monoisotopic (exact) mass is 478 g/mol. The summed E-state index contributed by atoms with van der Waals surface area (Å²) < 4.78 is 9.16. The number of halogens is 2. The van der Waals surface area contributed by atoms with Crippen molar-refractivity contribution in [2.24, 2.45) is 5.10 Å². The van der Waals surface area contributed by atoms with Crippen LogP contribution in [0, 0.1) is 19.5 Å². The lowest BCUT2D eigenvalue weighted by Crippen LogP contribution is -2.01. The molecule has 0 spiro atoms.